The molecule has 1 aliphatic rings. The molecule has 1 aliphatic carbocycles. The van der Waals surface area contributed by atoms with Crippen molar-refractivity contribution in [2.75, 3.05) is 0 Å². The van der Waals surface area contributed by atoms with Crippen LogP contribution in [0, 0.1) is 0 Å². The van der Waals surface area contributed by atoms with Gasteiger partial charge in [-0.2, -0.15) is 0 Å². The molecular weight excluding hydrogens is 318 g/mol. The van der Waals surface area contributed by atoms with Crippen LogP contribution in [0.4, 0.5) is 0 Å². The normalized spacial score (nSPS) is 29.9. The summed E-state index contributed by atoms with van der Waals surface area (Å²) in [5, 5.41) is 59.6. The number of carbonyl (C=O) groups excluding carboxylic acids is 1. The first-order valence-corrected chi connectivity index (χ1v) is 6.69. The van der Waals surface area contributed by atoms with Crippen molar-refractivity contribution in [2.45, 2.75) is 35.7 Å². The first kappa shape index (κ1) is 17.3. The second-order valence-corrected chi connectivity index (χ2v) is 5.83. The molecule has 0 aliphatic heterocycles. The third-order valence-corrected chi connectivity index (χ3v) is 4.28. The number of hydrogen-bond acceptors (Lipinski definition) is 8. The van der Waals surface area contributed by atoms with Crippen molar-refractivity contribution in [2.24, 2.45) is 5.73 Å². The third-order valence-electron chi connectivity index (χ3n) is 3.95. The van der Waals surface area contributed by atoms with E-state index >= 15 is 0 Å². The predicted molar refractivity (Wildman–Crippen MR) is 73.1 cm³/mol. The first-order chi connectivity index (χ1) is 9.88. The molecule has 1 fully saturated rings. The molecule has 8 N–H and O–H groups in total. The van der Waals surface area contributed by atoms with E-state index in [1.54, 1.807) is 0 Å². The van der Waals surface area contributed by atoms with E-state index in [-0.39, 0.29) is 5.02 Å². The van der Waals surface area contributed by atoms with Crippen LogP contribution in [-0.4, -0.2) is 53.8 Å². The van der Waals surface area contributed by atoms with Crippen LogP contribution < -0.4 is 5.73 Å². The summed E-state index contributed by atoms with van der Waals surface area (Å²) in [4.78, 5) is 12.4. The number of hydrogen-bond donors (Lipinski definition) is 7. The lowest BCUT2D eigenvalue weighted by molar-refractivity contribution is -0.376. The van der Waals surface area contributed by atoms with Crippen molar-refractivity contribution in [1.82, 2.24) is 0 Å². The Balaban J connectivity index is 2.81. The fourth-order valence-corrected chi connectivity index (χ4v) is 2.80. The van der Waals surface area contributed by atoms with Crippen molar-refractivity contribution >= 4 is 17.4 Å². The maximum Gasteiger partial charge on any atom is 0.249 e. The zero-order valence-electron chi connectivity index (χ0n) is 11.3. The molecule has 0 amide bonds. The van der Waals surface area contributed by atoms with Crippen LogP contribution in [0.1, 0.15) is 18.4 Å². The van der Waals surface area contributed by atoms with Crippen molar-refractivity contribution in [3.63, 3.8) is 0 Å². The Morgan fingerprint density at radius 3 is 2.09 bits per heavy atom. The van der Waals surface area contributed by atoms with Crippen molar-refractivity contribution in [3.8, 4) is 0 Å². The molecular formula is C13H16ClNO7. The number of carbonyl (C=O) groups is 1. The maximum atomic E-state index is 12.4. The zero-order chi connectivity index (χ0) is 17.0. The number of aliphatic hydroxyl groups is 6. The molecule has 0 aromatic heterocycles. The molecule has 2 rings (SSSR count). The van der Waals surface area contributed by atoms with Crippen molar-refractivity contribution < 1.29 is 35.4 Å². The molecule has 8 nitrogen and oxygen atoms in total. The lowest BCUT2D eigenvalue weighted by Gasteiger charge is -2.45. The highest BCUT2D eigenvalue weighted by Crippen LogP contribution is 2.46. The van der Waals surface area contributed by atoms with Crippen molar-refractivity contribution in [1.29, 1.82) is 0 Å². The molecule has 9 heteroatoms. The van der Waals surface area contributed by atoms with E-state index in [0.717, 1.165) is 6.07 Å². The molecule has 22 heavy (non-hydrogen) atoms. The van der Waals surface area contributed by atoms with E-state index in [1.807, 2.05) is 0 Å². The van der Waals surface area contributed by atoms with Gasteiger partial charge in [0.15, 0.2) is 5.54 Å². The standard InChI is InChI=1S/C13H16ClNO7/c14-8-4-2-1-3-7(8)12(15)9(16)10(17,18)5-6-11(19,20)13(12,21)22/h1-4,17-22H,5-6,15H2/t12-/m0/s1. The number of ketones is 1. The van der Waals surface area contributed by atoms with Gasteiger partial charge in [-0.25, -0.2) is 0 Å². The van der Waals surface area contributed by atoms with E-state index in [1.165, 1.54) is 18.2 Å². The Hall–Kier alpha value is -1.10. The van der Waals surface area contributed by atoms with Crippen LogP contribution in [0.15, 0.2) is 24.3 Å². The lowest BCUT2D eigenvalue weighted by atomic mass is 9.75. The molecule has 0 radical (unpaired) electrons. The van der Waals surface area contributed by atoms with E-state index in [9.17, 15) is 35.4 Å². The van der Waals surface area contributed by atoms with Gasteiger partial charge in [0.1, 0.15) is 0 Å². The Morgan fingerprint density at radius 2 is 1.55 bits per heavy atom. The zero-order valence-corrected chi connectivity index (χ0v) is 12.0. The van der Waals surface area contributed by atoms with Gasteiger partial charge >= 0.3 is 0 Å². The molecule has 1 aromatic carbocycles. The van der Waals surface area contributed by atoms with Crippen LogP contribution in [0.3, 0.4) is 0 Å². The van der Waals surface area contributed by atoms with E-state index in [4.69, 9.17) is 17.3 Å². The number of halogens is 1. The van der Waals surface area contributed by atoms with Gasteiger partial charge < -0.3 is 36.4 Å². The minimum Gasteiger partial charge on any atom is -0.361 e. The number of rotatable bonds is 1. The molecule has 1 aromatic rings. The van der Waals surface area contributed by atoms with Gasteiger partial charge in [0, 0.05) is 23.4 Å². The van der Waals surface area contributed by atoms with E-state index in [0.29, 0.717) is 0 Å². The Morgan fingerprint density at radius 1 is 1.00 bits per heavy atom. The molecule has 0 spiro atoms. The largest absolute Gasteiger partial charge is 0.361 e. The van der Waals surface area contributed by atoms with Gasteiger partial charge in [0.25, 0.3) is 0 Å². The monoisotopic (exact) mass is 333 g/mol. The summed E-state index contributed by atoms with van der Waals surface area (Å²) in [5.41, 5.74) is 2.39. The summed E-state index contributed by atoms with van der Waals surface area (Å²) in [6.45, 7) is 0. The summed E-state index contributed by atoms with van der Waals surface area (Å²) >= 11 is 5.90. The topological polar surface area (TPSA) is 164 Å². The fourth-order valence-electron chi connectivity index (χ4n) is 2.52. The SMILES string of the molecule is N[C@@]1(c2ccccc2Cl)C(=O)C(O)(O)CCC(O)(O)C1(O)O. The van der Waals surface area contributed by atoms with Gasteiger partial charge in [0.05, 0.1) is 0 Å². The van der Waals surface area contributed by atoms with Crippen molar-refractivity contribution in [3.05, 3.63) is 34.9 Å². The van der Waals surface area contributed by atoms with Gasteiger partial charge in [-0.1, -0.05) is 29.8 Å². The lowest BCUT2D eigenvalue weighted by Crippen LogP contribution is -2.73. The van der Waals surface area contributed by atoms with Gasteiger partial charge in [-0.15, -0.1) is 0 Å². The minimum atomic E-state index is -3.63. The second kappa shape index (κ2) is 4.95. The van der Waals surface area contributed by atoms with Gasteiger partial charge in [-0.3, -0.25) is 4.79 Å². The van der Waals surface area contributed by atoms with Gasteiger partial charge in [-0.05, 0) is 6.07 Å². The highest BCUT2D eigenvalue weighted by Gasteiger charge is 2.70. The summed E-state index contributed by atoms with van der Waals surface area (Å²) in [5.74, 6) is -11.6. The predicted octanol–water partition coefficient (Wildman–Crippen LogP) is -2.10. The number of Topliss-reactive ketones (excluding diaryl/α,β-unsaturated/α-hetero) is 1. The average molecular weight is 334 g/mol. The number of benzene rings is 1. The van der Waals surface area contributed by atoms with Gasteiger partial charge in [0.2, 0.25) is 23.1 Å². The summed E-state index contributed by atoms with van der Waals surface area (Å²) in [6.07, 6.45) is -1.80. The van der Waals surface area contributed by atoms with Crippen LogP contribution >= 0.6 is 11.6 Å². The highest BCUT2D eigenvalue weighted by atomic mass is 35.5. The summed E-state index contributed by atoms with van der Waals surface area (Å²) in [6, 6.07) is 5.23. The average Bonchev–Trinajstić information content (AvgIpc) is 2.46. The van der Waals surface area contributed by atoms with E-state index in [2.05, 4.69) is 0 Å². The quantitative estimate of drug-likeness (QED) is 0.227. The smallest absolute Gasteiger partial charge is 0.249 e. The Bertz CT molecular complexity index is 616. The summed E-state index contributed by atoms with van der Waals surface area (Å²) in [7, 11) is 0. The summed E-state index contributed by atoms with van der Waals surface area (Å²) < 4.78 is 0. The molecule has 1 saturated carbocycles. The Kier molecular flexibility index (Phi) is 3.88. The molecule has 0 heterocycles. The second-order valence-electron chi connectivity index (χ2n) is 5.42. The first-order valence-electron chi connectivity index (χ1n) is 6.31. The van der Waals surface area contributed by atoms with E-state index < -0.39 is 47.1 Å². The molecule has 0 saturated heterocycles. The Labute approximate surface area is 130 Å². The fraction of sp³-hybridized carbons (Fsp3) is 0.462. The molecule has 1 atom stereocenters. The third kappa shape index (κ3) is 2.16. The van der Waals surface area contributed by atoms with Crippen LogP contribution in [0.2, 0.25) is 5.02 Å². The van der Waals surface area contributed by atoms with Crippen LogP contribution in [-0.2, 0) is 10.3 Å². The highest BCUT2D eigenvalue weighted by molar-refractivity contribution is 6.31. The number of nitrogens with two attached hydrogens (primary N) is 1. The maximum absolute atomic E-state index is 12.4. The molecule has 0 bridgehead atoms. The molecule has 122 valence electrons. The minimum absolute atomic E-state index is 0.195. The van der Waals surface area contributed by atoms with Crippen LogP contribution in [0.25, 0.3) is 0 Å². The van der Waals surface area contributed by atoms with Crippen LogP contribution in [0.5, 0.6) is 0 Å². The molecule has 0 unspecified atom stereocenters.